The third-order valence-corrected chi connectivity index (χ3v) is 5.93. The van der Waals surface area contributed by atoms with Gasteiger partial charge in [0, 0.05) is 50.1 Å². The van der Waals surface area contributed by atoms with Crippen molar-refractivity contribution in [2.75, 3.05) is 18.4 Å². The molecule has 1 N–H and O–H groups in total. The molecule has 0 aliphatic carbocycles. The van der Waals surface area contributed by atoms with E-state index in [4.69, 9.17) is 0 Å². The lowest BCUT2D eigenvalue weighted by Gasteiger charge is -2.25. The highest BCUT2D eigenvalue weighted by Gasteiger charge is 2.32. The van der Waals surface area contributed by atoms with E-state index in [1.54, 1.807) is 35.0 Å². The Morgan fingerprint density at radius 2 is 1.85 bits per heavy atom. The van der Waals surface area contributed by atoms with Crippen LogP contribution in [0.4, 0.5) is 19.0 Å². The van der Waals surface area contributed by atoms with E-state index in [0.29, 0.717) is 35.7 Å². The van der Waals surface area contributed by atoms with Crippen molar-refractivity contribution < 1.29 is 18.0 Å². The van der Waals surface area contributed by atoms with Gasteiger partial charge in [0.15, 0.2) is 17.3 Å². The van der Waals surface area contributed by atoms with Crippen LogP contribution in [0.3, 0.4) is 0 Å². The van der Waals surface area contributed by atoms with Gasteiger partial charge in [-0.2, -0.15) is 5.10 Å². The molecule has 1 atom stereocenters. The Kier molecular flexibility index (Phi) is 5.64. The topological polar surface area (TPSA) is 75.9 Å². The van der Waals surface area contributed by atoms with Crippen LogP contribution in [0.15, 0.2) is 48.8 Å². The molecule has 0 radical (unpaired) electrons. The van der Waals surface area contributed by atoms with Crippen LogP contribution >= 0.6 is 0 Å². The molecule has 1 fully saturated rings. The lowest BCUT2D eigenvalue weighted by Crippen LogP contribution is -2.40. The second-order valence-electron chi connectivity index (χ2n) is 8.26. The Balaban J connectivity index is 1.34. The Bertz CT molecular complexity index is 1370. The molecule has 0 spiro atoms. The third-order valence-electron chi connectivity index (χ3n) is 5.93. The van der Waals surface area contributed by atoms with Gasteiger partial charge >= 0.3 is 0 Å². The Hall–Kier alpha value is -3.95. The molecule has 2 aromatic carbocycles. The summed E-state index contributed by atoms with van der Waals surface area (Å²) in [4.78, 5) is 23.6. The number of aromatic nitrogens is 4. The quantitative estimate of drug-likeness (QED) is 0.478. The normalized spacial score (nSPS) is 15.8. The zero-order chi connectivity index (χ0) is 23.8. The fraction of sp³-hybridized carbons (Fsp3) is 0.250. The summed E-state index contributed by atoms with van der Waals surface area (Å²) >= 11 is 0. The number of carbonyl (C=O) groups excluding carboxylic acids is 1. The fourth-order valence-corrected chi connectivity index (χ4v) is 4.25. The smallest absolute Gasteiger partial charge is 0.275 e. The number of fused-ring (bicyclic) bond motifs is 1. The summed E-state index contributed by atoms with van der Waals surface area (Å²) in [6.45, 7) is 0.993. The molecule has 10 heteroatoms. The van der Waals surface area contributed by atoms with Crippen molar-refractivity contribution in [1.82, 2.24) is 24.6 Å². The standard InChI is InChI=1S/C24H21F3N6O/c1-32-13-17(14-4-6-15(25)7-5-14)23(31-32)24(34)33-8-2-3-16(33)11-29-22-12-28-20-9-18(26)19(27)10-21(20)30-22/h4-7,9-10,12-13,16H,2-3,8,11H2,1H3,(H,29,30)/t16-/m0/s1. The Morgan fingerprint density at radius 1 is 1.12 bits per heavy atom. The van der Waals surface area contributed by atoms with Crippen LogP contribution in [0.2, 0.25) is 0 Å². The van der Waals surface area contributed by atoms with Gasteiger partial charge in [-0.25, -0.2) is 18.2 Å². The number of halogens is 3. The predicted octanol–water partition coefficient (Wildman–Crippen LogP) is 4.16. The van der Waals surface area contributed by atoms with E-state index in [0.717, 1.165) is 25.0 Å². The summed E-state index contributed by atoms with van der Waals surface area (Å²) in [5.74, 6) is -2.11. The first-order valence-corrected chi connectivity index (χ1v) is 10.9. The zero-order valence-electron chi connectivity index (χ0n) is 18.3. The van der Waals surface area contributed by atoms with Gasteiger partial charge in [0.05, 0.1) is 17.2 Å². The van der Waals surface area contributed by atoms with Crippen molar-refractivity contribution in [1.29, 1.82) is 0 Å². The number of amides is 1. The number of likely N-dealkylation sites (tertiary alicyclic amines) is 1. The van der Waals surface area contributed by atoms with E-state index >= 15 is 0 Å². The van der Waals surface area contributed by atoms with E-state index in [1.165, 1.54) is 18.3 Å². The van der Waals surface area contributed by atoms with Crippen LogP contribution in [0.25, 0.3) is 22.2 Å². The molecule has 3 heterocycles. The predicted molar refractivity (Wildman–Crippen MR) is 121 cm³/mol. The van der Waals surface area contributed by atoms with Crippen LogP contribution in [0.1, 0.15) is 23.3 Å². The van der Waals surface area contributed by atoms with Crippen LogP contribution < -0.4 is 5.32 Å². The second-order valence-corrected chi connectivity index (χ2v) is 8.26. The maximum atomic E-state index is 13.6. The van der Waals surface area contributed by atoms with Gasteiger partial charge in [0.1, 0.15) is 11.6 Å². The van der Waals surface area contributed by atoms with Crippen LogP contribution in [0.5, 0.6) is 0 Å². The van der Waals surface area contributed by atoms with E-state index in [2.05, 4.69) is 20.4 Å². The first kappa shape index (κ1) is 21.9. The van der Waals surface area contributed by atoms with E-state index in [9.17, 15) is 18.0 Å². The summed E-state index contributed by atoms with van der Waals surface area (Å²) in [6.07, 6.45) is 4.83. The number of hydrogen-bond acceptors (Lipinski definition) is 5. The number of nitrogens with one attached hydrogen (secondary N) is 1. The molecule has 0 unspecified atom stereocenters. The van der Waals surface area contributed by atoms with Crippen molar-refractivity contribution in [2.45, 2.75) is 18.9 Å². The molecule has 34 heavy (non-hydrogen) atoms. The number of nitrogens with zero attached hydrogens (tertiary/aromatic N) is 5. The number of benzene rings is 2. The lowest BCUT2D eigenvalue weighted by molar-refractivity contribution is 0.0737. The summed E-state index contributed by atoms with van der Waals surface area (Å²) < 4.78 is 41.9. The van der Waals surface area contributed by atoms with Gasteiger partial charge in [-0.1, -0.05) is 12.1 Å². The average molecular weight is 466 g/mol. The number of aryl methyl sites for hydroxylation is 1. The number of hydrogen-bond donors (Lipinski definition) is 1. The SMILES string of the molecule is Cn1cc(-c2ccc(F)cc2)c(C(=O)N2CCC[C@H]2CNc2cnc3cc(F)c(F)cc3n2)n1. The van der Waals surface area contributed by atoms with Gasteiger partial charge in [-0.15, -0.1) is 0 Å². The molecule has 0 saturated carbocycles. The maximum Gasteiger partial charge on any atom is 0.275 e. The molecule has 5 rings (SSSR count). The molecule has 4 aromatic rings. The highest BCUT2D eigenvalue weighted by atomic mass is 19.2. The minimum Gasteiger partial charge on any atom is -0.367 e. The second kappa shape index (κ2) is 8.77. The van der Waals surface area contributed by atoms with E-state index < -0.39 is 11.6 Å². The molecule has 7 nitrogen and oxygen atoms in total. The summed E-state index contributed by atoms with van der Waals surface area (Å²) in [6, 6.07) is 7.85. The minimum atomic E-state index is -0.987. The number of anilines is 1. The first-order valence-electron chi connectivity index (χ1n) is 10.9. The molecular formula is C24H21F3N6O. The highest BCUT2D eigenvalue weighted by molar-refractivity contribution is 5.99. The first-order chi connectivity index (χ1) is 16.4. The van der Waals surface area contributed by atoms with Gasteiger partial charge in [0.25, 0.3) is 5.91 Å². The lowest BCUT2D eigenvalue weighted by atomic mass is 10.1. The molecule has 1 aliphatic heterocycles. The molecule has 2 aromatic heterocycles. The largest absolute Gasteiger partial charge is 0.367 e. The average Bonchev–Trinajstić information content (AvgIpc) is 3.45. The van der Waals surface area contributed by atoms with Gasteiger partial charge < -0.3 is 10.2 Å². The van der Waals surface area contributed by atoms with Crippen molar-refractivity contribution in [3.8, 4) is 11.1 Å². The van der Waals surface area contributed by atoms with Crippen molar-refractivity contribution in [2.24, 2.45) is 7.05 Å². The molecule has 0 bridgehead atoms. The minimum absolute atomic E-state index is 0.113. The molecule has 1 saturated heterocycles. The van der Waals surface area contributed by atoms with Crippen molar-refractivity contribution >= 4 is 22.8 Å². The van der Waals surface area contributed by atoms with Crippen LogP contribution in [-0.2, 0) is 7.05 Å². The van der Waals surface area contributed by atoms with Gasteiger partial charge in [-0.3, -0.25) is 14.5 Å². The molecule has 174 valence electrons. The fourth-order valence-electron chi connectivity index (χ4n) is 4.25. The van der Waals surface area contributed by atoms with E-state index in [1.807, 2.05) is 0 Å². The third kappa shape index (κ3) is 4.18. The van der Waals surface area contributed by atoms with Crippen molar-refractivity contribution in [3.63, 3.8) is 0 Å². The van der Waals surface area contributed by atoms with Gasteiger partial charge in [0.2, 0.25) is 0 Å². The summed E-state index contributed by atoms with van der Waals surface area (Å²) in [5, 5.41) is 7.53. The van der Waals surface area contributed by atoms with Crippen LogP contribution in [0, 0.1) is 17.5 Å². The number of carbonyl (C=O) groups is 1. The molecule has 1 aliphatic rings. The Labute approximate surface area is 193 Å². The van der Waals surface area contributed by atoms with Crippen LogP contribution in [-0.4, -0.2) is 49.7 Å². The number of rotatable bonds is 5. The Morgan fingerprint density at radius 3 is 2.62 bits per heavy atom. The monoisotopic (exact) mass is 466 g/mol. The molecular weight excluding hydrogens is 445 g/mol. The molecule has 1 amide bonds. The highest BCUT2D eigenvalue weighted by Crippen LogP contribution is 2.27. The summed E-state index contributed by atoms with van der Waals surface area (Å²) in [7, 11) is 1.74. The van der Waals surface area contributed by atoms with E-state index in [-0.39, 0.29) is 28.8 Å². The van der Waals surface area contributed by atoms with Gasteiger partial charge in [-0.05, 0) is 30.5 Å². The zero-order valence-corrected chi connectivity index (χ0v) is 18.3. The van der Waals surface area contributed by atoms with Crippen molar-refractivity contribution in [3.05, 3.63) is 71.9 Å². The summed E-state index contributed by atoms with van der Waals surface area (Å²) in [5.41, 5.74) is 2.15. The maximum absolute atomic E-state index is 13.6.